The number of piperidine rings is 1. The van der Waals surface area contributed by atoms with E-state index in [9.17, 15) is 8.78 Å². The normalized spacial score (nSPS) is 21.0. The van der Waals surface area contributed by atoms with Gasteiger partial charge in [-0.3, -0.25) is 0 Å². The maximum Gasteiger partial charge on any atom is 0.194 e. The van der Waals surface area contributed by atoms with Crippen LogP contribution in [0, 0.1) is 11.6 Å². The number of guanidine groups is 1. The van der Waals surface area contributed by atoms with Crippen molar-refractivity contribution in [3.05, 3.63) is 29.8 Å². The number of halogens is 2. The Morgan fingerprint density at radius 1 is 1.23 bits per heavy atom. The third-order valence-corrected chi connectivity index (χ3v) is 5.37. The largest absolute Gasteiger partial charge is 0.489 e. The molecule has 30 heavy (non-hydrogen) atoms. The standard InChI is InChI=1S/C22H33F2N3O3/c1-2-25-22(26-10-14-29-21-7-6-17(23)15-20(21)24)27-11-8-18(9-12-27)30-16-19-5-3-4-13-28-19/h6-7,15,18-19H,2-5,8-14,16H2,1H3,(H,25,26). The van der Waals surface area contributed by atoms with E-state index in [1.165, 1.54) is 18.6 Å². The van der Waals surface area contributed by atoms with Crippen LogP contribution in [0.25, 0.3) is 0 Å². The molecule has 0 aliphatic carbocycles. The van der Waals surface area contributed by atoms with Gasteiger partial charge in [0.1, 0.15) is 12.4 Å². The maximum atomic E-state index is 13.6. The lowest BCUT2D eigenvalue weighted by molar-refractivity contribution is -0.0721. The number of nitrogens with zero attached hydrogens (tertiary/aromatic N) is 2. The quantitative estimate of drug-likeness (QED) is 0.393. The fourth-order valence-electron chi connectivity index (χ4n) is 3.74. The fourth-order valence-corrected chi connectivity index (χ4v) is 3.74. The predicted molar refractivity (Wildman–Crippen MR) is 112 cm³/mol. The van der Waals surface area contributed by atoms with E-state index in [4.69, 9.17) is 14.2 Å². The monoisotopic (exact) mass is 425 g/mol. The molecule has 0 saturated carbocycles. The minimum absolute atomic E-state index is 0.0384. The Labute approximate surface area is 177 Å². The molecule has 1 unspecified atom stereocenters. The minimum Gasteiger partial charge on any atom is -0.489 e. The molecule has 2 aliphatic heterocycles. The molecule has 1 atom stereocenters. The van der Waals surface area contributed by atoms with Crippen LogP contribution in [0.4, 0.5) is 8.78 Å². The Hall–Kier alpha value is -1.93. The van der Waals surface area contributed by atoms with Crippen molar-refractivity contribution in [1.82, 2.24) is 10.2 Å². The molecule has 1 aromatic rings. The van der Waals surface area contributed by atoms with Crippen LogP contribution in [-0.2, 0) is 9.47 Å². The lowest BCUT2D eigenvalue weighted by atomic mass is 10.1. The highest BCUT2D eigenvalue weighted by Crippen LogP contribution is 2.19. The van der Waals surface area contributed by atoms with Gasteiger partial charge in [-0.2, -0.15) is 0 Å². The number of hydrogen-bond donors (Lipinski definition) is 1. The first-order chi connectivity index (χ1) is 14.7. The maximum absolute atomic E-state index is 13.6. The summed E-state index contributed by atoms with van der Waals surface area (Å²) >= 11 is 0. The van der Waals surface area contributed by atoms with Gasteiger partial charge in [0.25, 0.3) is 0 Å². The van der Waals surface area contributed by atoms with Crippen molar-refractivity contribution in [2.45, 2.75) is 51.2 Å². The Bertz CT molecular complexity index is 676. The molecular formula is C22H33F2N3O3. The molecule has 2 aliphatic rings. The van der Waals surface area contributed by atoms with E-state index in [0.29, 0.717) is 13.2 Å². The average Bonchev–Trinajstić information content (AvgIpc) is 2.77. The third kappa shape index (κ3) is 7.09. The number of benzene rings is 1. The third-order valence-electron chi connectivity index (χ3n) is 5.37. The van der Waals surface area contributed by atoms with Gasteiger partial charge < -0.3 is 24.4 Å². The lowest BCUT2D eigenvalue weighted by Gasteiger charge is -2.35. The van der Waals surface area contributed by atoms with Gasteiger partial charge in [0.15, 0.2) is 17.5 Å². The van der Waals surface area contributed by atoms with Crippen LogP contribution >= 0.6 is 0 Å². The highest BCUT2D eigenvalue weighted by molar-refractivity contribution is 5.80. The second-order valence-electron chi connectivity index (χ2n) is 7.67. The van der Waals surface area contributed by atoms with Gasteiger partial charge in [0.05, 0.1) is 25.4 Å². The Morgan fingerprint density at radius 3 is 2.77 bits per heavy atom. The molecule has 6 nitrogen and oxygen atoms in total. The molecule has 0 aromatic heterocycles. The first-order valence-electron chi connectivity index (χ1n) is 11.0. The molecule has 2 fully saturated rings. The summed E-state index contributed by atoms with van der Waals surface area (Å²) in [6.45, 7) is 6.68. The Balaban J connectivity index is 1.40. The Morgan fingerprint density at radius 2 is 2.07 bits per heavy atom. The van der Waals surface area contributed by atoms with Gasteiger partial charge in [-0.05, 0) is 51.2 Å². The van der Waals surface area contributed by atoms with E-state index >= 15 is 0 Å². The second kappa shape index (κ2) is 12.1. The summed E-state index contributed by atoms with van der Waals surface area (Å²) in [6, 6.07) is 3.29. The summed E-state index contributed by atoms with van der Waals surface area (Å²) < 4.78 is 43.8. The van der Waals surface area contributed by atoms with E-state index < -0.39 is 11.6 Å². The molecule has 2 saturated heterocycles. The highest BCUT2D eigenvalue weighted by atomic mass is 19.1. The predicted octanol–water partition coefficient (Wildman–Crippen LogP) is 3.36. The first kappa shape index (κ1) is 22.7. The van der Waals surface area contributed by atoms with Gasteiger partial charge in [-0.1, -0.05) is 0 Å². The molecular weight excluding hydrogens is 392 g/mol. The van der Waals surface area contributed by atoms with Crippen LogP contribution in [0.3, 0.4) is 0 Å². The van der Waals surface area contributed by atoms with Gasteiger partial charge in [-0.15, -0.1) is 0 Å². The highest BCUT2D eigenvalue weighted by Gasteiger charge is 2.23. The molecule has 8 heteroatoms. The van der Waals surface area contributed by atoms with Crippen molar-refractivity contribution < 1.29 is 23.0 Å². The molecule has 0 bridgehead atoms. The minimum atomic E-state index is -0.702. The van der Waals surface area contributed by atoms with Crippen molar-refractivity contribution in [2.24, 2.45) is 4.99 Å². The number of aliphatic imine (C=N–C) groups is 1. The van der Waals surface area contributed by atoms with Crippen molar-refractivity contribution in [3.63, 3.8) is 0 Å². The number of ether oxygens (including phenoxy) is 3. The number of nitrogens with one attached hydrogen (secondary N) is 1. The zero-order valence-corrected chi connectivity index (χ0v) is 17.7. The number of rotatable bonds is 8. The summed E-state index contributed by atoms with van der Waals surface area (Å²) in [5.41, 5.74) is 0. The smallest absolute Gasteiger partial charge is 0.194 e. The van der Waals surface area contributed by atoms with Crippen LogP contribution in [0.1, 0.15) is 39.0 Å². The van der Waals surface area contributed by atoms with E-state index in [0.717, 1.165) is 64.0 Å². The number of likely N-dealkylation sites (tertiary alicyclic amines) is 1. The summed E-state index contributed by atoms with van der Waals surface area (Å²) in [5, 5.41) is 3.30. The van der Waals surface area contributed by atoms with Crippen LogP contribution in [-0.4, -0.2) is 69.1 Å². The topological polar surface area (TPSA) is 55.3 Å². The van der Waals surface area contributed by atoms with Gasteiger partial charge in [0.2, 0.25) is 0 Å². The second-order valence-corrected chi connectivity index (χ2v) is 7.67. The fraction of sp³-hybridized carbons (Fsp3) is 0.682. The molecule has 0 amide bonds. The Kier molecular flexibility index (Phi) is 9.14. The van der Waals surface area contributed by atoms with Crippen LogP contribution in [0.15, 0.2) is 23.2 Å². The first-order valence-corrected chi connectivity index (χ1v) is 11.0. The zero-order valence-electron chi connectivity index (χ0n) is 17.7. The van der Waals surface area contributed by atoms with Crippen molar-refractivity contribution in [1.29, 1.82) is 0 Å². The van der Waals surface area contributed by atoms with E-state index in [1.54, 1.807) is 0 Å². The van der Waals surface area contributed by atoms with Crippen LogP contribution < -0.4 is 10.1 Å². The summed E-state index contributed by atoms with van der Waals surface area (Å²) in [7, 11) is 0. The molecule has 0 radical (unpaired) electrons. The molecule has 1 N–H and O–H groups in total. The molecule has 1 aromatic carbocycles. The SMILES string of the molecule is CCNC(=NCCOc1ccc(F)cc1F)N1CCC(OCC2CCCCO2)CC1. The van der Waals surface area contributed by atoms with Gasteiger partial charge in [-0.25, -0.2) is 13.8 Å². The molecule has 168 valence electrons. The van der Waals surface area contributed by atoms with Gasteiger partial charge in [0, 0.05) is 32.3 Å². The van der Waals surface area contributed by atoms with E-state index in [2.05, 4.69) is 15.2 Å². The lowest BCUT2D eigenvalue weighted by Crippen LogP contribution is -2.47. The average molecular weight is 426 g/mol. The van der Waals surface area contributed by atoms with Crippen LogP contribution in [0.5, 0.6) is 5.75 Å². The van der Waals surface area contributed by atoms with E-state index in [-0.39, 0.29) is 24.6 Å². The van der Waals surface area contributed by atoms with Crippen LogP contribution in [0.2, 0.25) is 0 Å². The molecule has 0 spiro atoms. The van der Waals surface area contributed by atoms with Gasteiger partial charge >= 0.3 is 0 Å². The van der Waals surface area contributed by atoms with Crippen molar-refractivity contribution in [2.75, 3.05) is 46.0 Å². The summed E-state index contributed by atoms with van der Waals surface area (Å²) in [6.07, 6.45) is 5.90. The summed E-state index contributed by atoms with van der Waals surface area (Å²) in [5.74, 6) is -0.455. The number of hydrogen-bond acceptors (Lipinski definition) is 4. The summed E-state index contributed by atoms with van der Waals surface area (Å²) in [4.78, 5) is 6.81. The van der Waals surface area contributed by atoms with Crippen molar-refractivity contribution >= 4 is 5.96 Å². The van der Waals surface area contributed by atoms with E-state index in [1.807, 2.05) is 6.92 Å². The van der Waals surface area contributed by atoms with Crippen molar-refractivity contribution in [3.8, 4) is 5.75 Å². The zero-order chi connectivity index (χ0) is 21.2. The molecule has 3 rings (SSSR count). The molecule has 2 heterocycles.